The molecule has 0 spiro atoms. The van der Waals surface area contributed by atoms with Crippen molar-refractivity contribution in [2.24, 2.45) is 5.92 Å². The van der Waals surface area contributed by atoms with Gasteiger partial charge in [0, 0.05) is 12.6 Å². The number of carbonyl (C=O) groups excluding carboxylic acids is 1. The molecule has 0 saturated carbocycles. The van der Waals surface area contributed by atoms with Crippen molar-refractivity contribution >= 4 is 5.97 Å². The van der Waals surface area contributed by atoms with Gasteiger partial charge in [-0.1, -0.05) is 32.9 Å². The van der Waals surface area contributed by atoms with Crippen LogP contribution in [0.15, 0.2) is 24.3 Å². The van der Waals surface area contributed by atoms with Crippen molar-refractivity contribution < 1.29 is 9.53 Å². The summed E-state index contributed by atoms with van der Waals surface area (Å²) >= 11 is 0. The van der Waals surface area contributed by atoms with Gasteiger partial charge in [-0.25, -0.2) is 4.79 Å². The van der Waals surface area contributed by atoms with Gasteiger partial charge >= 0.3 is 5.97 Å². The fourth-order valence-electron chi connectivity index (χ4n) is 1.98. The first-order valence-corrected chi connectivity index (χ1v) is 6.49. The van der Waals surface area contributed by atoms with Gasteiger partial charge in [-0.05, 0) is 30.0 Å². The number of nitrogens with one attached hydrogen (secondary N) is 1. The van der Waals surface area contributed by atoms with Crippen LogP contribution in [-0.4, -0.2) is 19.1 Å². The summed E-state index contributed by atoms with van der Waals surface area (Å²) in [7, 11) is 1.40. The average molecular weight is 249 g/mol. The zero-order chi connectivity index (χ0) is 13.5. The number of ether oxygens (including phenoxy) is 1. The van der Waals surface area contributed by atoms with Crippen LogP contribution in [-0.2, 0) is 11.3 Å². The summed E-state index contributed by atoms with van der Waals surface area (Å²) in [6.07, 6.45) is 1.12. The van der Waals surface area contributed by atoms with Crippen molar-refractivity contribution in [3.05, 3.63) is 35.4 Å². The van der Waals surface area contributed by atoms with Crippen LogP contribution in [0.1, 0.15) is 43.1 Å². The quantitative estimate of drug-likeness (QED) is 0.788. The van der Waals surface area contributed by atoms with Gasteiger partial charge in [0.1, 0.15) is 0 Å². The van der Waals surface area contributed by atoms with Gasteiger partial charge in [-0.15, -0.1) is 0 Å². The van der Waals surface area contributed by atoms with E-state index in [1.54, 1.807) is 12.1 Å². The SMILES string of the molecule is CCC(NCc1ccc(C(=O)OC)cc1)C(C)C. The monoisotopic (exact) mass is 249 g/mol. The zero-order valence-corrected chi connectivity index (χ0v) is 11.7. The third-order valence-corrected chi connectivity index (χ3v) is 3.19. The largest absolute Gasteiger partial charge is 0.465 e. The third kappa shape index (κ3) is 4.15. The Hall–Kier alpha value is -1.35. The second-order valence-electron chi connectivity index (χ2n) is 4.83. The molecule has 1 atom stereocenters. The van der Waals surface area contributed by atoms with Crippen LogP contribution >= 0.6 is 0 Å². The molecule has 0 heterocycles. The molecule has 0 radical (unpaired) electrons. The molecule has 1 N–H and O–H groups in total. The second-order valence-corrected chi connectivity index (χ2v) is 4.83. The van der Waals surface area contributed by atoms with Crippen molar-refractivity contribution in [2.75, 3.05) is 7.11 Å². The minimum atomic E-state index is -0.289. The Morgan fingerprint density at radius 3 is 2.33 bits per heavy atom. The lowest BCUT2D eigenvalue weighted by Crippen LogP contribution is -2.32. The van der Waals surface area contributed by atoms with E-state index in [9.17, 15) is 4.79 Å². The molecule has 0 aliphatic carbocycles. The minimum absolute atomic E-state index is 0.289. The number of rotatable bonds is 6. The van der Waals surface area contributed by atoms with Crippen molar-refractivity contribution in [2.45, 2.75) is 39.8 Å². The molecule has 0 saturated heterocycles. The number of carbonyl (C=O) groups is 1. The summed E-state index contributed by atoms with van der Waals surface area (Å²) < 4.78 is 4.67. The smallest absolute Gasteiger partial charge is 0.337 e. The minimum Gasteiger partial charge on any atom is -0.465 e. The molecule has 100 valence electrons. The lowest BCUT2D eigenvalue weighted by atomic mass is 10.0. The summed E-state index contributed by atoms with van der Waals surface area (Å²) in [6, 6.07) is 8.07. The molecular weight excluding hydrogens is 226 g/mol. The predicted octanol–water partition coefficient (Wildman–Crippen LogP) is 3.00. The molecule has 3 nitrogen and oxygen atoms in total. The Balaban J connectivity index is 2.56. The van der Waals surface area contributed by atoms with E-state index in [0.717, 1.165) is 13.0 Å². The molecule has 1 rings (SSSR count). The summed E-state index contributed by atoms with van der Waals surface area (Å²) in [6.45, 7) is 7.47. The third-order valence-electron chi connectivity index (χ3n) is 3.19. The highest BCUT2D eigenvalue weighted by Crippen LogP contribution is 2.09. The van der Waals surface area contributed by atoms with Crippen LogP contribution in [0, 0.1) is 5.92 Å². The van der Waals surface area contributed by atoms with Crippen molar-refractivity contribution in [1.29, 1.82) is 0 Å². The fourth-order valence-corrected chi connectivity index (χ4v) is 1.98. The highest BCUT2D eigenvalue weighted by molar-refractivity contribution is 5.89. The molecule has 0 aliphatic rings. The maximum absolute atomic E-state index is 11.3. The molecule has 1 unspecified atom stereocenters. The van der Waals surface area contributed by atoms with Gasteiger partial charge in [-0.2, -0.15) is 0 Å². The number of benzene rings is 1. The standard InChI is InChI=1S/C15H23NO2/c1-5-14(11(2)3)16-10-12-6-8-13(9-7-12)15(17)18-4/h6-9,11,14,16H,5,10H2,1-4H3. The van der Waals surface area contributed by atoms with E-state index < -0.39 is 0 Å². The maximum atomic E-state index is 11.3. The van der Waals surface area contributed by atoms with Gasteiger partial charge in [0.05, 0.1) is 12.7 Å². The number of esters is 1. The molecule has 1 aromatic rings. The summed E-state index contributed by atoms with van der Waals surface area (Å²) in [5, 5.41) is 3.53. The first-order chi connectivity index (χ1) is 8.58. The first-order valence-electron chi connectivity index (χ1n) is 6.49. The summed E-state index contributed by atoms with van der Waals surface area (Å²) in [5.74, 6) is 0.340. The fraction of sp³-hybridized carbons (Fsp3) is 0.533. The van der Waals surface area contributed by atoms with Crippen molar-refractivity contribution in [3.63, 3.8) is 0 Å². The Kier molecular flexibility index (Phi) is 5.86. The van der Waals surface area contributed by atoms with E-state index in [1.165, 1.54) is 12.7 Å². The molecule has 0 aliphatic heterocycles. The highest BCUT2D eigenvalue weighted by Gasteiger charge is 2.10. The van der Waals surface area contributed by atoms with E-state index >= 15 is 0 Å². The van der Waals surface area contributed by atoms with Crippen LogP contribution < -0.4 is 5.32 Å². The molecule has 0 bridgehead atoms. The van der Waals surface area contributed by atoms with Gasteiger partial charge in [0.25, 0.3) is 0 Å². The Morgan fingerprint density at radius 1 is 1.28 bits per heavy atom. The lowest BCUT2D eigenvalue weighted by molar-refractivity contribution is 0.0600. The summed E-state index contributed by atoms with van der Waals surface area (Å²) in [4.78, 5) is 11.3. The van der Waals surface area contributed by atoms with Crippen LogP contribution in [0.2, 0.25) is 0 Å². The molecule has 0 amide bonds. The van der Waals surface area contributed by atoms with Crippen LogP contribution in [0.5, 0.6) is 0 Å². The molecule has 1 aromatic carbocycles. The predicted molar refractivity (Wildman–Crippen MR) is 73.5 cm³/mol. The van der Waals surface area contributed by atoms with Gasteiger partial charge in [0.2, 0.25) is 0 Å². The van der Waals surface area contributed by atoms with Gasteiger partial charge in [-0.3, -0.25) is 0 Å². The topological polar surface area (TPSA) is 38.3 Å². The van der Waals surface area contributed by atoms with E-state index in [-0.39, 0.29) is 5.97 Å². The second kappa shape index (κ2) is 7.17. The van der Waals surface area contributed by atoms with E-state index in [0.29, 0.717) is 17.5 Å². The zero-order valence-electron chi connectivity index (χ0n) is 11.7. The highest BCUT2D eigenvalue weighted by atomic mass is 16.5. The molecule has 0 aromatic heterocycles. The molecule has 18 heavy (non-hydrogen) atoms. The Bertz CT molecular complexity index is 371. The van der Waals surface area contributed by atoms with E-state index in [2.05, 4.69) is 30.8 Å². The van der Waals surface area contributed by atoms with Crippen LogP contribution in [0.4, 0.5) is 0 Å². The van der Waals surface area contributed by atoms with E-state index in [1.807, 2.05) is 12.1 Å². The average Bonchev–Trinajstić information content (AvgIpc) is 2.39. The lowest BCUT2D eigenvalue weighted by Gasteiger charge is -2.20. The van der Waals surface area contributed by atoms with Crippen LogP contribution in [0.3, 0.4) is 0 Å². The van der Waals surface area contributed by atoms with Crippen molar-refractivity contribution in [3.8, 4) is 0 Å². The van der Waals surface area contributed by atoms with Crippen LogP contribution in [0.25, 0.3) is 0 Å². The normalized spacial score (nSPS) is 12.5. The number of hydrogen-bond acceptors (Lipinski definition) is 3. The number of methoxy groups -OCH3 is 1. The Morgan fingerprint density at radius 2 is 1.89 bits per heavy atom. The van der Waals surface area contributed by atoms with E-state index in [4.69, 9.17) is 0 Å². The first kappa shape index (κ1) is 14.7. The van der Waals surface area contributed by atoms with Gasteiger partial charge < -0.3 is 10.1 Å². The maximum Gasteiger partial charge on any atom is 0.337 e. The molecule has 0 fully saturated rings. The molecular formula is C15H23NO2. The van der Waals surface area contributed by atoms with Gasteiger partial charge in [0.15, 0.2) is 0 Å². The molecule has 3 heteroatoms. The Labute approximate surface area is 110 Å². The summed E-state index contributed by atoms with van der Waals surface area (Å²) in [5.41, 5.74) is 1.78. The van der Waals surface area contributed by atoms with Crippen molar-refractivity contribution in [1.82, 2.24) is 5.32 Å². The number of hydrogen-bond donors (Lipinski definition) is 1.